The van der Waals surface area contributed by atoms with Gasteiger partial charge in [-0.25, -0.2) is 0 Å². The summed E-state index contributed by atoms with van der Waals surface area (Å²) < 4.78 is 5.41. The molecule has 0 spiro atoms. The SMILES string of the molecule is SC1=C(S)Oc2ccccc2C1. The molecule has 0 bridgehead atoms. The monoisotopic (exact) mass is 196 g/mol. The van der Waals surface area contributed by atoms with Crippen molar-refractivity contribution in [3.8, 4) is 5.75 Å². The second-order valence-corrected chi connectivity index (χ2v) is 3.58. The number of thiol groups is 2. The van der Waals surface area contributed by atoms with Gasteiger partial charge in [0, 0.05) is 11.3 Å². The number of benzene rings is 1. The Labute approximate surface area is 82.3 Å². The largest absolute Gasteiger partial charge is 0.450 e. The number of fused-ring (bicyclic) bond motifs is 1. The van der Waals surface area contributed by atoms with Crippen LogP contribution in [0.5, 0.6) is 5.75 Å². The minimum atomic E-state index is 0.608. The Morgan fingerprint density at radius 2 is 1.92 bits per heavy atom. The maximum atomic E-state index is 5.41. The molecule has 0 atom stereocenters. The lowest BCUT2D eigenvalue weighted by Gasteiger charge is -2.17. The summed E-state index contributed by atoms with van der Waals surface area (Å²) in [7, 11) is 0. The van der Waals surface area contributed by atoms with Crippen molar-refractivity contribution in [1.29, 1.82) is 0 Å². The molecule has 0 fully saturated rings. The third-order valence-corrected chi connectivity index (χ3v) is 2.68. The zero-order valence-electron chi connectivity index (χ0n) is 6.32. The van der Waals surface area contributed by atoms with E-state index in [1.165, 1.54) is 5.56 Å². The van der Waals surface area contributed by atoms with Crippen LogP contribution in [-0.4, -0.2) is 0 Å². The van der Waals surface area contributed by atoms with Crippen molar-refractivity contribution in [2.75, 3.05) is 0 Å². The van der Waals surface area contributed by atoms with Crippen molar-refractivity contribution >= 4 is 25.3 Å². The van der Waals surface area contributed by atoms with Crippen LogP contribution in [0.15, 0.2) is 34.3 Å². The third-order valence-electron chi connectivity index (χ3n) is 1.78. The normalized spacial score (nSPS) is 15.5. The van der Waals surface area contributed by atoms with Gasteiger partial charge in [-0.1, -0.05) is 18.2 Å². The Hall–Kier alpha value is -0.540. The highest BCUT2D eigenvalue weighted by molar-refractivity contribution is 7.88. The first-order valence-electron chi connectivity index (χ1n) is 3.64. The molecule has 0 saturated carbocycles. The standard InChI is InChI=1S/C9H8OS2/c11-8-5-6-3-1-2-4-7(6)10-9(8)12/h1-4,11-12H,5H2. The molecule has 0 radical (unpaired) electrons. The first-order chi connectivity index (χ1) is 5.77. The van der Waals surface area contributed by atoms with Crippen LogP contribution in [0.4, 0.5) is 0 Å². The molecule has 1 aliphatic heterocycles. The number of rotatable bonds is 0. The molecular weight excluding hydrogens is 188 g/mol. The summed E-state index contributed by atoms with van der Waals surface area (Å²) in [6.07, 6.45) is 0.818. The smallest absolute Gasteiger partial charge is 0.167 e. The average Bonchev–Trinajstić information content (AvgIpc) is 2.07. The Kier molecular flexibility index (Phi) is 2.07. The van der Waals surface area contributed by atoms with E-state index < -0.39 is 0 Å². The van der Waals surface area contributed by atoms with E-state index in [2.05, 4.69) is 25.3 Å². The molecule has 1 nitrogen and oxygen atoms in total. The molecule has 62 valence electrons. The van der Waals surface area contributed by atoms with Gasteiger partial charge in [0.1, 0.15) is 5.75 Å². The van der Waals surface area contributed by atoms with Gasteiger partial charge in [0.15, 0.2) is 5.09 Å². The van der Waals surface area contributed by atoms with Gasteiger partial charge >= 0.3 is 0 Å². The second kappa shape index (κ2) is 3.07. The van der Waals surface area contributed by atoms with Crippen LogP contribution in [0, 0.1) is 0 Å². The molecule has 1 aromatic rings. The molecule has 12 heavy (non-hydrogen) atoms. The fourth-order valence-corrected chi connectivity index (χ4v) is 1.56. The van der Waals surface area contributed by atoms with E-state index in [0.29, 0.717) is 5.09 Å². The molecule has 0 unspecified atom stereocenters. The molecule has 3 heteroatoms. The lowest BCUT2D eigenvalue weighted by Crippen LogP contribution is -2.03. The molecule has 0 aromatic heterocycles. The van der Waals surface area contributed by atoms with E-state index in [9.17, 15) is 0 Å². The topological polar surface area (TPSA) is 9.23 Å². The van der Waals surface area contributed by atoms with Crippen LogP contribution < -0.4 is 4.74 Å². The van der Waals surface area contributed by atoms with E-state index in [0.717, 1.165) is 17.1 Å². The Morgan fingerprint density at radius 1 is 1.17 bits per heavy atom. The van der Waals surface area contributed by atoms with Crippen LogP contribution in [0.2, 0.25) is 0 Å². The third kappa shape index (κ3) is 1.34. The molecular formula is C9H8OS2. The summed E-state index contributed by atoms with van der Waals surface area (Å²) >= 11 is 8.42. The Morgan fingerprint density at radius 3 is 2.75 bits per heavy atom. The summed E-state index contributed by atoms with van der Waals surface area (Å²) in [5, 5.41) is 0.608. The van der Waals surface area contributed by atoms with Gasteiger partial charge in [0.25, 0.3) is 0 Å². The first-order valence-corrected chi connectivity index (χ1v) is 4.53. The lowest BCUT2D eigenvalue weighted by atomic mass is 10.1. The van der Waals surface area contributed by atoms with Crippen LogP contribution in [0.3, 0.4) is 0 Å². The van der Waals surface area contributed by atoms with Crippen LogP contribution >= 0.6 is 25.3 Å². The van der Waals surface area contributed by atoms with Crippen molar-refractivity contribution in [3.05, 3.63) is 39.8 Å². The van der Waals surface area contributed by atoms with Gasteiger partial charge in [0.05, 0.1) is 0 Å². The van der Waals surface area contributed by atoms with E-state index in [4.69, 9.17) is 4.74 Å². The number of para-hydroxylation sites is 1. The van der Waals surface area contributed by atoms with Crippen molar-refractivity contribution < 1.29 is 4.74 Å². The van der Waals surface area contributed by atoms with Gasteiger partial charge in [-0.3, -0.25) is 0 Å². The predicted octanol–water partition coefficient (Wildman–Crippen LogP) is 2.65. The number of hydrogen-bond donors (Lipinski definition) is 2. The quantitative estimate of drug-likeness (QED) is 0.607. The molecule has 0 aliphatic carbocycles. The minimum Gasteiger partial charge on any atom is -0.450 e. The average molecular weight is 196 g/mol. The van der Waals surface area contributed by atoms with Crippen LogP contribution in [0.25, 0.3) is 0 Å². The summed E-state index contributed by atoms with van der Waals surface area (Å²) in [5.74, 6) is 0.889. The zero-order valence-corrected chi connectivity index (χ0v) is 8.11. The molecule has 2 rings (SSSR count). The summed E-state index contributed by atoms with van der Waals surface area (Å²) in [4.78, 5) is 0.886. The fraction of sp³-hybridized carbons (Fsp3) is 0.111. The van der Waals surface area contributed by atoms with E-state index in [1.807, 2.05) is 24.3 Å². The summed E-state index contributed by atoms with van der Waals surface area (Å²) in [5.41, 5.74) is 1.17. The highest BCUT2D eigenvalue weighted by atomic mass is 32.1. The first kappa shape index (κ1) is 8.08. The maximum Gasteiger partial charge on any atom is 0.167 e. The second-order valence-electron chi connectivity index (χ2n) is 2.64. The molecule has 1 heterocycles. The van der Waals surface area contributed by atoms with E-state index in [1.54, 1.807) is 0 Å². The van der Waals surface area contributed by atoms with Crippen molar-refractivity contribution in [1.82, 2.24) is 0 Å². The van der Waals surface area contributed by atoms with Gasteiger partial charge in [-0.15, -0.1) is 25.3 Å². The van der Waals surface area contributed by atoms with Gasteiger partial charge in [-0.05, 0) is 11.6 Å². The Balaban J connectivity index is 2.43. The molecule has 1 aliphatic rings. The van der Waals surface area contributed by atoms with E-state index in [-0.39, 0.29) is 0 Å². The van der Waals surface area contributed by atoms with Gasteiger partial charge < -0.3 is 4.74 Å². The van der Waals surface area contributed by atoms with Crippen molar-refractivity contribution in [2.24, 2.45) is 0 Å². The zero-order chi connectivity index (χ0) is 8.55. The molecule has 0 N–H and O–H groups in total. The number of ether oxygens (including phenoxy) is 1. The Bertz CT molecular complexity index is 311. The van der Waals surface area contributed by atoms with Crippen molar-refractivity contribution in [3.63, 3.8) is 0 Å². The molecule has 0 saturated heterocycles. The maximum absolute atomic E-state index is 5.41. The predicted molar refractivity (Wildman–Crippen MR) is 55.8 cm³/mol. The number of allylic oxidation sites excluding steroid dienone is 1. The fourth-order valence-electron chi connectivity index (χ4n) is 1.17. The number of hydrogen-bond acceptors (Lipinski definition) is 3. The lowest BCUT2D eigenvalue weighted by molar-refractivity contribution is 0.449. The molecule has 1 aromatic carbocycles. The summed E-state index contributed by atoms with van der Waals surface area (Å²) in [6.45, 7) is 0. The molecule has 0 amide bonds. The van der Waals surface area contributed by atoms with Crippen LogP contribution in [0.1, 0.15) is 5.56 Å². The van der Waals surface area contributed by atoms with Crippen LogP contribution in [-0.2, 0) is 6.42 Å². The minimum absolute atomic E-state index is 0.608. The van der Waals surface area contributed by atoms with Gasteiger partial charge in [0.2, 0.25) is 0 Å². The highest BCUT2D eigenvalue weighted by Crippen LogP contribution is 2.32. The summed E-state index contributed by atoms with van der Waals surface area (Å²) in [6, 6.07) is 7.91. The van der Waals surface area contributed by atoms with Crippen molar-refractivity contribution in [2.45, 2.75) is 6.42 Å². The van der Waals surface area contributed by atoms with Gasteiger partial charge in [-0.2, -0.15) is 0 Å². The van der Waals surface area contributed by atoms with E-state index >= 15 is 0 Å². The highest BCUT2D eigenvalue weighted by Gasteiger charge is 2.13.